The van der Waals surface area contributed by atoms with Gasteiger partial charge >= 0.3 is 0 Å². The molecule has 1 aromatic carbocycles. The van der Waals surface area contributed by atoms with Crippen molar-refractivity contribution in [3.8, 4) is 0 Å². The Kier molecular flexibility index (Phi) is 4.16. The lowest BCUT2D eigenvalue weighted by Crippen LogP contribution is -2.31. The van der Waals surface area contributed by atoms with E-state index in [1.807, 2.05) is 0 Å². The van der Waals surface area contributed by atoms with Gasteiger partial charge in [0.05, 0.1) is 22.4 Å². The molecular formula is C11H11Br2FN4. The fourth-order valence-electron chi connectivity index (χ4n) is 1.83. The highest BCUT2D eigenvalue weighted by molar-refractivity contribution is 9.10. The summed E-state index contributed by atoms with van der Waals surface area (Å²) >= 11 is 6.73. The van der Waals surface area contributed by atoms with Gasteiger partial charge in [0.2, 0.25) is 0 Å². The highest BCUT2D eigenvalue weighted by Crippen LogP contribution is 2.33. The first-order valence-electron chi connectivity index (χ1n) is 5.13. The summed E-state index contributed by atoms with van der Waals surface area (Å²) in [5.74, 6) is 5.24. The Labute approximate surface area is 121 Å². The zero-order chi connectivity index (χ0) is 13.3. The molecule has 2 rings (SSSR count). The van der Waals surface area contributed by atoms with Crippen molar-refractivity contribution in [2.75, 3.05) is 0 Å². The summed E-state index contributed by atoms with van der Waals surface area (Å²) in [7, 11) is 1.78. The van der Waals surface area contributed by atoms with Crippen molar-refractivity contribution >= 4 is 31.9 Å². The molecule has 0 aliphatic heterocycles. The smallest absolute Gasteiger partial charge is 0.129 e. The summed E-state index contributed by atoms with van der Waals surface area (Å²) < 4.78 is 17.0. The van der Waals surface area contributed by atoms with Gasteiger partial charge in [-0.2, -0.15) is 5.10 Å². The zero-order valence-corrected chi connectivity index (χ0v) is 12.7. The predicted molar refractivity (Wildman–Crippen MR) is 74.2 cm³/mol. The number of aromatic nitrogens is 2. The van der Waals surface area contributed by atoms with Crippen LogP contribution in [-0.2, 0) is 7.05 Å². The zero-order valence-electron chi connectivity index (χ0n) is 9.49. The van der Waals surface area contributed by atoms with Crippen LogP contribution in [0.4, 0.5) is 4.39 Å². The molecule has 0 fully saturated rings. The van der Waals surface area contributed by atoms with E-state index in [1.165, 1.54) is 6.07 Å². The number of rotatable bonds is 3. The van der Waals surface area contributed by atoms with Crippen molar-refractivity contribution in [3.63, 3.8) is 0 Å². The van der Waals surface area contributed by atoms with Gasteiger partial charge in [0.25, 0.3) is 0 Å². The Bertz CT molecular complexity index is 530. The third kappa shape index (κ3) is 2.35. The summed E-state index contributed by atoms with van der Waals surface area (Å²) in [6.45, 7) is 0. The second-order valence-electron chi connectivity index (χ2n) is 3.74. The largest absolute Gasteiger partial charge is 0.271 e. The average Bonchev–Trinajstić information content (AvgIpc) is 2.65. The van der Waals surface area contributed by atoms with E-state index in [1.54, 1.807) is 30.1 Å². The van der Waals surface area contributed by atoms with Crippen molar-refractivity contribution < 1.29 is 4.39 Å². The van der Waals surface area contributed by atoms with E-state index in [0.717, 1.165) is 10.2 Å². The second kappa shape index (κ2) is 5.48. The van der Waals surface area contributed by atoms with Crippen molar-refractivity contribution in [1.82, 2.24) is 15.2 Å². The number of hydrazine groups is 1. The standard InChI is InChI=1S/C11H11Br2FN4/c1-18-11(7(13)5-16-18)10(17-15)9-6(12)3-2-4-8(9)14/h2-5,10,17H,15H2,1H3. The average molecular weight is 378 g/mol. The van der Waals surface area contributed by atoms with Gasteiger partial charge in [-0.05, 0) is 28.1 Å². The number of hydrogen-bond donors (Lipinski definition) is 2. The Hall–Kier alpha value is -0.760. The third-order valence-electron chi connectivity index (χ3n) is 2.67. The summed E-state index contributed by atoms with van der Waals surface area (Å²) in [6, 6.07) is 4.30. The molecule has 0 amide bonds. The van der Waals surface area contributed by atoms with Crippen LogP contribution in [0.3, 0.4) is 0 Å². The first-order valence-corrected chi connectivity index (χ1v) is 6.72. The predicted octanol–water partition coefficient (Wildman–Crippen LogP) is 2.64. The van der Waals surface area contributed by atoms with E-state index < -0.39 is 6.04 Å². The van der Waals surface area contributed by atoms with Gasteiger partial charge < -0.3 is 0 Å². The number of nitrogens with one attached hydrogen (secondary N) is 1. The van der Waals surface area contributed by atoms with Crippen molar-refractivity contribution in [2.24, 2.45) is 12.9 Å². The molecule has 2 aromatic rings. The van der Waals surface area contributed by atoms with Gasteiger partial charge in [0.15, 0.2) is 0 Å². The minimum absolute atomic E-state index is 0.333. The number of aryl methyl sites for hydroxylation is 1. The molecule has 0 spiro atoms. The van der Waals surface area contributed by atoms with E-state index in [-0.39, 0.29) is 5.82 Å². The molecule has 0 bridgehead atoms. The first-order chi connectivity index (χ1) is 8.56. The fourth-order valence-corrected chi connectivity index (χ4v) is 2.98. The van der Waals surface area contributed by atoms with Gasteiger partial charge in [0, 0.05) is 17.1 Å². The third-order valence-corrected chi connectivity index (χ3v) is 3.97. The van der Waals surface area contributed by atoms with Gasteiger partial charge in [0.1, 0.15) is 5.82 Å². The minimum atomic E-state index is -0.498. The maximum Gasteiger partial charge on any atom is 0.129 e. The van der Waals surface area contributed by atoms with Crippen LogP contribution in [0.2, 0.25) is 0 Å². The summed E-state index contributed by atoms with van der Waals surface area (Å²) in [5, 5.41) is 4.11. The number of benzene rings is 1. The number of nitrogens with zero attached hydrogens (tertiary/aromatic N) is 2. The summed E-state index contributed by atoms with van der Waals surface area (Å²) in [6.07, 6.45) is 1.65. The molecule has 0 radical (unpaired) electrons. The quantitative estimate of drug-likeness (QED) is 0.638. The molecule has 7 heteroatoms. The van der Waals surface area contributed by atoms with Gasteiger partial charge in [-0.15, -0.1) is 0 Å². The van der Waals surface area contributed by atoms with E-state index >= 15 is 0 Å². The van der Waals surface area contributed by atoms with Crippen molar-refractivity contribution in [2.45, 2.75) is 6.04 Å². The molecular weight excluding hydrogens is 367 g/mol. The van der Waals surface area contributed by atoms with E-state index in [0.29, 0.717) is 10.0 Å². The van der Waals surface area contributed by atoms with E-state index in [9.17, 15) is 4.39 Å². The fraction of sp³-hybridized carbons (Fsp3) is 0.182. The molecule has 1 atom stereocenters. The van der Waals surface area contributed by atoms with Gasteiger partial charge in [-0.3, -0.25) is 10.5 Å². The SMILES string of the molecule is Cn1ncc(Br)c1C(NN)c1c(F)cccc1Br. The lowest BCUT2D eigenvalue weighted by atomic mass is 10.0. The molecule has 3 N–H and O–H groups in total. The van der Waals surface area contributed by atoms with Crippen LogP contribution in [0, 0.1) is 5.82 Å². The molecule has 1 heterocycles. The van der Waals surface area contributed by atoms with Crippen LogP contribution in [0.1, 0.15) is 17.3 Å². The number of nitrogens with two attached hydrogens (primary N) is 1. The number of hydrogen-bond acceptors (Lipinski definition) is 3. The van der Waals surface area contributed by atoms with Crippen molar-refractivity contribution in [1.29, 1.82) is 0 Å². The molecule has 96 valence electrons. The van der Waals surface area contributed by atoms with Crippen LogP contribution < -0.4 is 11.3 Å². The maximum absolute atomic E-state index is 14.0. The minimum Gasteiger partial charge on any atom is -0.271 e. The second-order valence-corrected chi connectivity index (χ2v) is 5.45. The van der Waals surface area contributed by atoms with Crippen LogP contribution in [0.5, 0.6) is 0 Å². The van der Waals surface area contributed by atoms with Crippen molar-refractivity contribution in [3.05, 3.63) is 50.4 Å². The highest BCUT2D eigenvalue weighted by atomic mass is 79.9. The summed E-state index contributed by atoms with van der Waals surface area (Å²) in [4.78, 5) is 0. The van der Waals surface area contributed by atoms with Gasteiger partial charge in [-0.1, -0.05) is 22.0 Å². The monoisotopic (exact) mass is 376 g/mol. The molecule has 0 aliphatic carbocycles. The number of halogens is 3. The molecule has 0 saturated carbocycles. The Balaban J connectivity index is 2.59. The molecule has 0 aliphatic rings. The van der Waals surface area contributed by atoms with E-state index in [4.69, 9.17) is 5.84 Å². The molecule has 0 saturated heterocycles. The summed E-state index contributed by atoms with van der Waals surface area (Å²) in [5.41, 5.74) is 3.82. The maximum atomic E-state index is 14.0. The normalized spacial score (nSPS) is 12.7. The van der Waals surface area contributed by atoms with Crippen LogP contribution >= 0.6 is 31.9 Å². The molecule has 4 nitrogen and oxygen atoms in total. The van der Waals surface area contributed by atoms with Crippen LogP contribution in [-0.4, -0.2) is 9.78 Å². The Morgan fingerprint density at radius 1 is 1.39 bits per heavy atom. The first kappa shape index (κ1) is 13.7. The van der Waals surface area contributed by atoms with Crippen LogP contribution in [0.25, 0.3) is 0 Å². The topological polar surface area (TPSA) is 55.9 Å². The lowest BCUT2D eigenvalue weighted by Gasteiger charge is -2.19. The van der Waals surface area contributed by atoms with E-state index in [2.05, 4.69) is 42.4 Å². The highest BCUT2D eigenvalue weighted by Gasteiger charge is 2.24. The molecule has 1 unspecified atom stereocenters. The molecule has 18 heavy (non-hydrogen) atoms. The van der Waals surface area contributed by atoms with Crippen LogP contribution in [0.15, 0.2) is 33.3 Å². The van der Waals surface area contributed by atoms with Gasteiger partial charge in [-0.25, -0.2) is 9.82 Å². The lowest BCUT2D eigenvalue weighted by molar-refractivity contribution is 0.529. The Morgan fingerprint density at radius 2 is 2.11 bits per heavy atom. The Morgan fingerprint density at radius 3 is 2.61 bits per heavy atom. The molecule has 1 aromatic heterocycles.